The van der Waals surface area contributed by atoms with Crippen LogP contribution in [0.1, 0.15) is 32.1 Å². The molecule has 0 bridgehead atoms. The molecule has 0 radical (unpaired) electrons. The van der Waals surface area contributed by atoms with Gasteiger partial charge in [-0.2, -0.15) is 11.8 Å². The molecule has 2 saturated carbocycles. The second-order valence-electron chi connectivity index (χ2n) is 6.48. The topological polar surface area (TPSA) is 69.6 Å². The number of carbonyl (C=O) groups is 2. The Balaban J connectivity index is 1.59. The van der Waals surface area contributed by atoms with Gasteiger partial charge >= 0.3 is 12.0 Å². The van der Waals surface area contributed by atoms with Gasteiger partial charge in [-0.05, 0) is 37.9 Å². The predicted octanol–water partition coefficient (Wildman–Crippen LogP) is 1.78. The third-order valence-corrected chi connectivity index (χ3v) is 6.80. The van der Waals surface area contributed by atoms with E-state index in [9.17, 15) is 14.7 Å². The van der Waals surface area contributed by atoms with Crippen LogP contribution in [0.15, 0.2) is 0 Å². The van der Waals surface area contributed by atoms with Crippen molar-refractivity contribution in [1.29, 1.82) is 0 Å². The molecule has 5 nitrogen and oxygen atoms in total. The monoisotopic (exact) mass is 298 g/mol. The Kier molecular flexibility index (Phi) is 3.39. The van der Waals surface area contributed by atoms with Crippen molar-refractivity contribution < 1.29 is 14.7 Å². The molecule has 2 aliphatic carbocycles. The number of hydrogen-bond donors (Lipinski definition) is 2. The maximum Gasteiger partial charge on any atom is 0.317 e. The quantitative estimate of drug-likeness (QED) is 0.830. The lowest BCUT2D eigenvalue weighted by Crippen LogP contribution is -2.43. The zero-order valence-electron chi connectivity index (χ0n) is 11.9. The van der Waals surface area contributed by atoms with E-state index in [4.69, 9.17) is 0 Å². The SMILES string of the molecule is CSC1(CNC(=O)N2C[C@@H]3CCC[C@@]3(C(=O)O)C2)CC1. The van der Waals surface area contributed by atoms with Crippen molar-refractivity contribution in [2.45, 2.75) is 36.9 Å². The molecule has 2 N–H and O–H groups in total. The van der Waals surface area contributed by atoms with E-state index in [0.717, 1.165) is 25.7 Å². The number of nitrogens with zero attached hydrogens (tertiary/aromatic N) is 1. The van der Waals surface area contributed by atoms with Crippen molar-refractivity contribution in [1.82, 2.24) is 10.2 Å². The summed E-state index contributed by atoms with van der Waals surface area (Å²) in [6, 6.07) is -0.0830. The number of hydrogen-bond acceptors (Lipinski definition) is 3. The molecule has 0 spiro atoms. The fourth-order valence-electron chi connectivity index (χ4n) is 3.73. The first kappa shape index (κ1) is 14.0. The van der Waals surface area contributed by atoms with E-state index in [1.54, 1.807) is 4.90 Å². The number of amides is 2. The molecule has 3 fully saturated rings. The summed E-state index contributed by atoms with van der Waals surface area (Å²) in [5.74, 6) is -0.584. The first-order valence-electron chi connectivity index (χ1n) is 7.33. The van der Waals surface area contributed by atoms with Gasteiger partial charge in [-0.1, -0.05) is 6.42 Å². The zero-order valence-corrected chi connectivity index (χ0v) is 12.7. The van der Waals surface area contributed by atoms with Crippen molar-refractivity contribution in [3.8, 4) is 0 Å². The molecule has 1 aliphatic heterocycles. The van der Waals surface area contributed by atoms with Crippen LogP contribution in [0, 0.1) is 11.3 Å². The summed E-state index contributed by atoms with van der Waals surface area (Å²) in [6.45, 7) is 1.68. The van der Waals surface area contributed by atoms with Crippen LogP contribution in [-0.2, 0) is 4.79 Å². The van der Waals surface area contributed by atoms with Crippen molar-refractivity contribution >= 4 is 23.8 Å². The van der Waals surface area contributed by atoms with Gasteiger partial charge in [0.15, 0.2) is 0 Å². The third-order valence-electron chi connectivity index (χ3n) is 5.39. The molecule has 3 aliphatic rings. The maximum absolute atomic E-state index is 12.2. The number of carboxylic acid groups (broad SMARTS) is 1. The molecule has 2 amide bonds. The van der Waals surface area contributed by atoms with Crippen LogP contribution in [0.3, 0.4) is 0 Å². The van der Waals surface area contributed by atoms with E-state index in [0.29, 0.717) is 26.1 Å². The largest absolute Gasteiger partial charge is 0.481 e. The van der Waals surface area contributed by atoms with Crippen LogP contribution >= 0.6 is 11.8 Å². The van der Waals surface area contributed by atoms with Gasteiger partial charge in [-0.25, -0.2) is 4.79 Å². The number of likely N-dealkylation sites (tertiary alicyclic amines) is 1. The Labute approximate surface area is 123 Å². The molecule has 3 rings (SSSR count). The average Bonchev–Trinajstić information content (AvgIpc) is 2.93. The molecule has 112 valence electrons. The first-order chi connectivity index (χ1) is 9.51. The van der Waals surface area contributed by atoms with Crippen LogP contribution in [0.2, 0.25) is 0 Å². The molecule has 1 heterocycles. The van der Waals surface area contributed by atoms with Gasteiger partial charge in [-0.15, -0.1) is 0 Å². The second kappa shape index (κ2) is 4.83. The van der Waals surface area contributed by atoms with Gasteiger partial charge in [-0.3, -0.25) is 4.79 Å². The lowest BCUT2D eigenvalue weighted by molar-refractivity contribution is -0.149. The molecule has 0 unspecified atom stereocenters. The summed E-state index contributed by atoms with van der Waals surface area (Å²) in [4.78, 5) is 25.5. The minimum Gasteiger partial charge on any atom is -0.481 e. The van der Waals surface area contributed by atoms with Gasteiger partial charge < -0.3 is 15.3 Å². The van der Waals surface area contributed by atoms with Crippen LogP contribution < -0.4 is 5.32 Å². The Bertz CT molecular complexity index is 438. The second-order valence-corrected chi connectivity index (χ2v) is 7.75. The highest BCUT2D eigenvalue weighted by Crippen LogP contribution is 2.49. The number of aliphatic carboxylic acids is 1. The summed E-state index contributed by atoms with van der Waals surface area (Å²) in [5.41, 5.74) is -0.673. The van der Waals surface area contributed by atoms with Crippen LogP contribution in [0.4, 0.5) is 4.79 Å². The first-order valence-corrected chi connectivity index (χ1v) is 8.55. The summed E-state index contributed by atoms with van der Waals surface area (Å²) in [6.07, 6.45) is 7.03. The maximum atomic E-state index is 12.2. The van der Waals surface area contributed by atoms with E-state index in [1.807, 2.05) is 11.8 Å². The highest BCUT2D eigenvalue weighted by Gasteiger charge is 2.56. The standard InChI is InChI=1S/C14H22N2O3S/c1-20-13(5-6-13)8-15-12(19)16-7-10-3-2-4-14(10,9-16)11(17)18/h10H,2-9H2,1H3,(H,15,19)(H,17,18)/t10-,14+/m0/s1. The van der Waals surface area contributed by atoms with Gasteiger partial charge in [0.2, 0.25) is 0 Å². The lowest BCUT2D eigenvalue weighted by atomic mass is 9.81. The average molecular weight is 298 g/mol. The molecular weight excluding hydrogens is 276 g/mol. The summed E-state index contributed by atoms with van der Waals surface area (Å²) in [5, 5.41) is 12.5. The number of nitrogens with one attached hydrogen (secondary N) is 1. The van der Waals surface area contributed by atoms with Crippen molar-refractivity contribution in [2.24, 2.45) is 11.3 Å². The van der Waals surface area contributed by atoms with Gasteiger partial charge in [0.25, 0.3) is 0 Å². The van der Waals surface area contributed by atoms with Gasteiger partial charge in [0.05, 0.1) is 5.41 Å². The fraction of sp³-hybridized carbons (Fsp3) is 0.857. The minimum atomic E-state index is -0.724. The van der Waals surface area contributed by atoms with Gasteiger partial charge in [0, 0.05) is 24.4 Å². The summed E-state index contributed by atoms with van der Waals surface area (Å²) >= 11 is 1.82. The molecule has 6 heteroatoms. The number of carboxylic acids is 1. The Morgan fingerprint density at radius 3 is 2.70 bits per heavy atom. The van der Waals surface area contributed by atoms with Crippen LogP contribution in [0.5, 0.6) is 0 Å². The van der Waals surface area contributed by atoms with Crippen LogP contribution in [-0.4, -0.2) is 52.6 Å². The Morgan fingerprint density at radius 2 is 2.15 bits per heavy atom. The van der Waals surface area contributed by atoms with Crippen molar-refractivity contribution in [3.05, 3.63) is 0 Å². The van der Waals surface area contributed by atoms with Crippen molar-refractivity contribution in [3.63, 3.8) is 0 Å². The minimum absolute atomic E-state index is 0.0830. The van der Waals surface area contributed by atoms with E-state index < -0.39 is 11.4 Å². The molecule has 0 aromatic carbocycles. The van der Waals surface area contributed by atoms with E-state index in [-0.39, 0.29) is 16.7 Å². The molecule has 1 saturated heterocycles. The zero-order chi connectivity index (χ0) is 14.4. The molecule has 0 aromatic rings. The van der Waals surface area contributed by atoms with Crippen LogP contribution in [0.25, 0.3) is 0 Å². The fourth-order valence-corrected chi connectivity index (χ4v) is 4.46. The number of rotatable bonds is 4. The third kappa shape index (κ3) is 2.18. The smallest absolute Gasteiger partial charge is 0.317 e. The highest BCUT2D eigenvalue weighted by atomic mass is 32.2. The molecular formula is C14H22N2O3S. The lowest BCUT2D eigenvalue weighted by Gasteiger charge is -2.24. The van der Waals surface area contributed by atoms with Crippen molar-refractivity contribution in [2.75, 3.05) is 25.9 Å². The molecule has 0 aromatic heterocycles. The highest BCUT2D eigenvalue weighted by molar-refractivity contribution is 8.00. The van der Waals surface area contributed by atoms with Gasteiger partial charge in [0.1, 0.15) is 0 Å². The van der Waals surface area contributed by atoms with E-state index >= 15 is 0 Å². The number of carbonyl (C=O) groups excluding carboxylic acids is 1. The Hall–Kier alpha value is -0.910. The summed E-state index contributed by atoms with van der Waals surface area (Å²) in [7, 11) is 0. The number of thioether (sulfide) groups is 1. The predicted molar refractivity (Wildman–Crippen MR) is 77.9 cm³/mol. The molecule has 20 heavy (non-hydrogen) atoms. The number of fused-ring (bicyclic) bond motifs is 1. The Morgan fingerprint density at radius 1 is 1.40 bits per heavy atom. The number of urea groups is 1. The normalized spacial score (nSPS) is 33.9. The molecule has 2 atom stereocenters. The summed E-state index contributed by atoms with van der Waals surface area (Å²) < 4.78 is 0.246. The van der Waals surface area contributed by atoms with E-state index in [1.165, 1.54) is 0 Å². The van der Waals surface area contributed by atoms with E-state index in [2.05, 4.69) is 11.6 Å².